The van der Waals surface area contributed by atoms with Gasteiger partial charge in [-0.1, -0.05) is 32.1 Å². The summed E-state index contributed by atoms with van der Waals surface area (Å²) in [5.74, 6) is -1.91. The molecular weight excluding hydrogens is 248 g/mol. The molecule has 0 unspecified atom stereocenters. The SMILES string of the molecule is O=C(NC1CCCCCCC1)c1ccc(F)cc1F. The van der Waals surface area contributed by atoms with Crippen LogP contribution in [0, 0.1) is 11.6 Å². The molecule has 1 N–H and O–H groups in total. The van der Waals surface area contributed by atoms with Crippen molar-refractivity contribution in [3.8, 4) is 0 Å². The van der Waals surface area contributed by atoms with Crippen molar-refractivity contribution in [3.63, 3.8) is 0 Å². The molecule has 0 heterocycles. The van der Waals surface area contributed by atoms with Gasteiger partial charge in [0.15, 0.2) is 0 Å². The van der Waals surface area contributed by atoms with E-state index in [0.717, 1.165) is 37.8 Å². The molecule has 1 aliphatic rings. The Morgan fingerprint density at radius 1 is 1.05 bits per heavy atom. The molecule has 1 aliphatic carbocycles. The summed E-state index contributed by atoms with van der Waals surface area (Å²) in [5.41, 5.74) is -0.0801. The molecular formula is C15H19F2NO. The molecule has 0 bridgehead atoms. The largest absolute Gasteiger partial charge is 0.349 e. The van der Waals surface area contributed by atoms with E-state index in [9.17, 15) is 13.6 Å². The van der Waals surface area contributed by atoms with E-state index in [4.69, 9.17) is 0 Å². The van der Waals surface area contributed by atoms with Crippen LogP contribution in [0.3, 0.4) is 0 Å². The highest BCUT2D eigenvalue weighted by atomic mass is 19.1. The zero-order valence-electron chi connectivity index (χ0n) is 10.9. The average Bonchev–Trinajstić information content (AvgIpc) is 2.32. The molecule has 0 aromatic heterocycles. The second-order valence-corrected chi connectivity index (χ2v) is 5.14. The van der Waals surface area contributed by atoms with Crippen molar-refractivity contribution >= 4 is 5.91 Å². The smallest absolute Gasteiger partial charge is 0.254 e. The molecule has 1 saturated carbocycles. The number of nitrogens with one attached hydrogen (secondary N) is 1. The topological polar surface area (TPSA) is 29.1 Å². The average molecular weight is 267 g/mol. The predicted octanol–water partition coefficient (Wildman–Crippen LogP) is 3.81. The van der Waals surface area contributed by atoms with Crippen LogP contribution in [0.15, 0.2) is 18.2 Å². The molecule has 104 valence electrons. The quantitative estimate of drug-likeness (QED) is 0.867. The van der Waals surface area contributed by atoms with Gasteiger partial charge in [-0.2, -0.15) is 0 Å². The minimum atomic E-state index is -0.802. The fourth-order valence-electron chi connectivity index (χ4n) is 2.54. The highest BCUT2D eigenvalue weighted by molar-refractivity contribution is 5.94. The van der Waals surface area contributed by atoms with Crippen LogP contribution >= 0.6 is 0 Å². The number of carbonyl (C=O) groups excluding carboxylic acids is 1. The lowest BCUT2D eigenvalue weighted by atomic mass is 9.96. The maximum absolute atomic E-state index is 13.5. The van der Waals surface area contributed by atoms with Crippen LogP contribution in [-0.4, -0.2) is 11.9 Å². The van der Waals surface area contributed by atoms with Crippen molar-refractivity contribution in [3.05, 3.63) is 35.4 Å². The molecule has 2 nitrogen and oxygen atoms in total. The summed E-state index contributed by atoms with van der Waals surface area (Å²) < 4.78 is 26.3. The number of hydrogen-bond acceptors (Lipinski definition) is 1. The highest BCUT2D eigenvalue weighted by Gasteiger charge is 2.17. The van der Waals surface area contributed by atoms with Crippen LogP contribution in [0.2, 0.25) is 0 Å². The van der Waals surface area contributed by atoms with Gasteiger partial charge in [0.05, 0.1) is 5.56 Å². The zero-order valence-corrected chi connectivity index (χ0v) is 10.9. The molecule has 2 rings (SSSR count). The number of hydrogen-bond donors (Lipinski definition) is 1. The van der Waals surface area contributed by atoms with E-state index in [0.29, 0.717) is 0 Å². The first-order chi connectivity index (χ1) is 9.16. The Morgan fingerprint density at radius 2 is 1.68 bits per heavy atom. The van der Waals surface area contributed by atoms with Crippen molar-refractivity contribution in [2.45, 2.75) is 51.0 Å². The van der Waals surface area contributed by atoms with E-state index in [1.54, 1.807) is 0 Å². The standard InChI is InChI=1S/C15H19F2NO/c16-11-8-9-13(14(17)10-11)15(19)18-12-6-4-2-1-3-5-7-12/h8-10,12H,1-7H2,(H,18,19). The van der Waals surface area contributed by atoms with E-state index >= 15 is 0 Å². The molecule has 1 fully saturated rings. The second-order valence-electron chi connectivity index (χ2n) is 5.14. The van der Waals surface area contributed by atoms with Gasteiger partial charge in [-0.05, 0) is 25.0 Å². The minimum absolute atomic E-state index is 0.0801. The van der Waals surface area contributed by atoms with Crippen LogP contribution in [0.4, 0.5) is 8.78 Å². The fourth-order valence-corrected chi connectivity index (χ4v) is 2.54. The van der Waals surface area contributed by atoms with Gasteiger partial charge < -0.3 is 5.32 Å². The van der Waals surface area contributed by atoms with Gasteiger partial charge >= 0.3 is 0 Å². The van der Waals surface area contributed by atoms with Crippen molar-refractivity contribution in [2.24, 2.45) is 0 Å². The van der Waals surface area contributed by atoms with Crippen molar-refractivity contribution in [2.75, 3.05) is 0 Å². The summed E-state index contributed by atoms with van der Waals surface area (Å²) in [4.78, 5) is 12.0. The maximum Gasteiger partial charge on any atom is 0.254 e. The maximum atomic E-state index is 13.5. The molecule has 19 heavy (non-hydrogen) atoms. The molecule has 1 aromatic rings. The summed E-state index contributed by atoms with van der Waals surface area (Å²) in [6.45, 7) is 0. The van der Waals surface area contributed by atoms with E-state index in [1.807, 2.05) is 0 Å². The molecule has 1 amide bonds. The van der Waals surface area contributed by atoms with Crippen molar-refractivity contribution in [1.29, 1.82) is 0 Å². The van der Waals surface area contributed by atoms with Gasteiger partial charge in [-0.25, -0.2) is 8.78 Å². The third-order valence-corrected chi connectivity index (χ3v) is 3.62. The lowest BCUT2D eigenvalue weighted by Crippen LogP contribution is -2.35. The van der Waals surface area contributed by atoms with Crippen molar-refractivity contribution < 1.29 is 13.6 Å². The van der Waals surface area contributed by atoms with Crippen LogP contribution in [-0.2, 0) is 0 Å². The Bertz CT molecular complexity index is 440. The first kappa shape index (κ1) is 14.0. The van der Waals surface area contributed by atoms with Gasteiger partial charge in [0, 0.05) is 12.1 Å². The number of halogens is 2. The predicted molar refractivity (Wildman–Crippen MR) is 69.9 cm³/mol. The summed E-state index contributed by atoms with van der Waals surface area (Å²) in [6.07, 6.45) is 7.71. The zero-order chi connectivity index (χ0) is 13.7. The van der Waals surface area contributed by atoms with Gasteiger partial charge in [0.1, 0.15) is 11.6 Å². The number of amides is 1. The van der Waals surface area contributed by atoms with E-state index < -0.39 is 17.5 Å². The summed E-state index contributed by atoms with van der Waals surface area (Å²) in [5, 5.41) is 2.86. The van der Waals surface area contributed by atoms with Crippen LogP contribution in [0.25, 0.3) is 0 Å². The normalized spacial score (nSPS) is 17.6. The van der Waals surface area contributed by atoms with Crippen LogP contribution in [0.5, 0.6) is 0 Å². The molecule has 0 atom stereocenters. The van der Waals surface area contributed by atoms with Crippen LogP contribution < -0.4 is 5.32 Å². The highest BCUT2D eigenvalue weighted by Crippen LogP contribution is 2.18. The Balaban J connectivity index is 1.99. The Morgan fingerprint density at radius 3 is 2.32 bits per heavy atom. The first-order valence-electron chi connectivity index (χ1n) is 6.93. The van der Waals surface area contributed by atoms with Crippen LogP contribution in [0.1, 0.15) is 55.3 Å². The third-order valence-electron chi connectivity index (χ3n) is 3.62. The van der Waals surface area contributed by atoms with Gasteiger partial charge in [-0.3, -0.25) is 4.79 Å². The molecule has 1 aromatic carbocycles. The van der Waals surface area contributed by atoms with E-state index in [1.165, 1.54) is 25.3 Å². The lowest BCUT2D eigenvalue weighted by Gasteiger charge is -2.21. The monoisotopic (exact) mass is 267 g/mol. The minimum Gasteiger partial charge on any atom is -0.349 e. The van der Waals surface area contributed by atoms with Crippen molar-refractivity contribution in [1.82, 2.24) is 5.32 Å². The van der Waals surface area contributed by atoms with E-state index in [-0.39, 0.29) is 11.6 Å². The number of carbonyl (C=O) groups is 1. The third kappa shape index (κ3) is 4.01. The number of rotatable bonds is 2. The Labute approximate surface area is 112 Å². The molecule has 0 saturated heterocycles. The Kier molecular flexibility index (Phi) is 4.88. The van der Waals surface area contributed by atoms with Gasteiger partial charge in [0.2, 0.25) is 0 Å². The van der Waals surface area contributed by atoms with E-state index in [2.05, 4.69) is 5.32 Å². The number of benzene rings is 1. The van der Waals surface area contributed by atoms with Gasteiger partial charge in [-0.15, -0.1) is 0 Å². The molecule has 0 spiro atoms. The molecule has 0 radical (unpaired) electrons. The summed E-state index contributed by atoms with van der Waals surface area (Å²) in [6, 6.07) is 3.16. The molecule has 4 heteroatoms. The van der Waals surface area contributed by atoms with Gasteiger partial charge in [0.25, 0.3) is 5.91 Å². The Hall–Kier alpha value is -1.45. The fraction of sp³-hybridized carbons (Fsp3) is 0.533. The lowest BCUT2D eigenvalue weighted by molar-refractivity contribution is 0.0926. The first-order valence-corrected chi connectivity index (χ1v) is 6.93. The second kappa shape index (κ2) is 6.64. The summed E-state index contributed by atoms with van der Waals surface area (Å²) in [7, 11) is 0. The molecule has 0 aliphatic heterocycles. The summed E-state index contributed by atoms with van der Waals surface area (Å²) >= 11 is 0.